The maximum absolute atomic E-state index is 10.2. The Morgan fingerprint density at radius 1 is 1.18 bits per heavy atom. The normalized spacial score (nSPS) is 12.7. The van der Waals surface area contributed by atoms with Crippen molar-refractivity contribution in [1.29, 1.82) is 0 Å². The average Bonchev–Trinajstić information content (AvgIpc) is 3.03. The molecule has 1 aromatic heterocycles. The molecular formula is C18H26N2OS. The van der Waals surface area contributed by atoms with Crippen LogP contribution in [-0.2, 0) is 6.54 Å². The number of aliphatic hydroxyl groups is 1. The van der Waals surface area contributed by atoms with Gasteiger partial charge in [0.15, 0.2) is 0 Å². The van der Waals surface area contributed by atoms with Crippen LogP contribution in [0.1, 0.15) is 44.8 Å². The zero-order valence-corrected chi connectivity index (χ0v) is 14.3. The fourth-order valence-corrected chi connectivity index (χ4v) is 3.20. The van der Waals surface area contributed by atoms with Crippen molar-refractivity contribution < 1.29 is 5.11 Å². The summed E-state index contributed by atoms with van der Waals surface area (Å²) in [7, 11) is 0. The zero-order valence-electron chi connectivity index (χ0n) is 13.5. The van der Waals surface area contributed by atoms with Gasteiger partial charge in [-0.3, -0.25) is 0 Å². The number of thioether (sulfide) groups is 1. The van der Waals surface area contributed by atoms with Gasteiger partial charge in [0.25, 0.3) is 0 Å². The van der Waals surface area contributed by atoms with E-state index in [2.05, 4.69) is 31.0 Å². The predicted molar refractivity (Wildman–Crippen MR) is 93.0 cm³/mol. The molecule has 0 saturated heterocycles. The maximum Gasteiger partial charge on any atom is 0.0945 e. The number of hydrogen-bond donors (Lipinski definition) is 1. The number of hydrogen-bond acceptors (Lipinski definition) is 3. The maximum atomic E-state index is 10.2. The molecule has 0 aliphatic rings. The highest BCUT2D eigenvalue weighted by atomic mass is 32.2. The number of aryl methyl sites for hydroxylation is 1. The number of imidazole rings is 1. The molecule has 0 aliphatic carbocycles. The van der Waals surface area contributed by atoms with Crippen molar-refractivity contribution in [2.75, 3.05) is 5.75 Å². The third-order valence-electron chi connectivity index (χ3n) is 3.68. The Morgan fingerprint density at radius 3 is 2.59 bits per heavy atom. The number of benzene rings is 1. The molecule has 0 bridgehead atoms. The van der Waals surface area contributed by atoms with E-state index in [0.29, 0.717) is 6.42 Å². The van der Waals surface area contributed by atoms with Crippen LogP contribution in [0.3, 0.4) is 0 Å². The molecule has 0 fully saturated rings. The molecule has 2 rings (SSSR count). The number of aromatic nitrogens is 2. The Kier molecular flexibility index (Phi) is 7.00. The molecule has 1 heterocycles. The summed E-state index contributed by atoms with van der Waals surface area (Å²) < 4.78 is 1.99. The SMILES string of the molecule is CC(C)CCCSc1ccc(C(O)CCn2ccnc2)cc1. The first-order chi connectivity index (χ1) is 10.6. The van der Waals surface area contributed by atoms with Gasteiger partial charge >= 0.3 is 0 Å². The Bertz CT molecular complexity index is 523. The second kappa shape index (κ2) is 9.01. The van der Waals surface area contributed by atoms with Crippen LogP contribution in [-0.4, -0.2) is 20.4 Å². The summed E-state index contributed by atoms with van der Waals surface area (Å²) in [5.41, 5.74) is 0.992. The minimum absolute atomic E-state index is 0.414. The van der Waals surface area contributed by atoms with Gasteiger partial charge in [-0.25, -0.2) is 4.98 Å². The quantitative estimate of drug-likeness (QED) is 0.545. The second-order valence-electron chi connectivity index (χ2n) is 6.06. The summed E-state index contributed by atoms with van der Waals surface area (Å²) in [6, 6.07) is 8.33. The van der Waals surface area contributed by atoms with E-state index in [4.69, 9.17) is 0 Å². The largest absolute Gasteiger partial charge is 0.388 e. The van der Waals surface area contributed by atoms with Crippen LogP contribution >= 0.6 is 11.8 Å². The summed E-state index contributed by atoms with van der Waals surface area (Å²) >= 11 is 1.90. The molecule has 1 atom stereocenters. The molecule has 0 saturated carbocycles. The fourth-order valence-electron chi connectivity index (χ4n) is 2.32. The van der Waals surface area contributed by atoms with Crippen molar-refractivity contribution in [3.05, 3.63) is 48.5 Å². The molecule has 120 valence electrons. The van der Waals surface area contributed by atoms with Crippen LogP contribution in [0.4, 0.5) is 0 Å². The van der Waals surface area contributed by atoms with Crippen molar-refractivity contribution >= 4 is 11.8 Å². The van der Waals surface area contributed by atoms with E-state index in [0.717, 1.165) is 18.0 Å². The van der Waals surface area contributed by atoms with Gasteiger partial charge in [-0.2, -0.15) is 0 Å². The Balaban J connectivity index is 1.75. The van der Waals surface area contributed by atoms with Crippen LogP contribution in [0.5, 0.6) is 0 Å². The Hall–Kier alpha value is -1.26. The molecule has 1 aromatic carbocycles. The highest BCUT2D eigenvalue weighted by molar-refractivity contribution is 7.99. The lowest BCUT2D eigenvalue weighted by Gasteiger charge is -2.12. The van der Waals surface area contributed by atoms with Gasteiger partial charge in [0.2, 0.25) is 0 Å². The van der Waals surface area contributed by atoms with Crippen molar-refractivity contribution in [3.8, 4) is 0 Å². The topological polar surface area (TPSA) is 38.0 Å². The first-order valence-corrected chi connectivity index (χ1v) is 9.00. The second-order valence-corrected chi connectivity index (χ2v) is 7.23. The molecule has 22 heavy (non-hydrogen) atoms. The molecule has 3 nitrogen and oxygen atoms in total. The van der Waals surface area contributed by atoms with Crippen LogP contribution in [0, 0.1) is 5.92 Å². The van der Waals surface area contributed by atoms with Crippen LogP contribution in [0.2, 0.25) is 0 Å². The Morgan fingerprint density at radius 2 is 1.95 bits per heavy atom. The van der Waals surface area contributed by atoms with E-state index in [-0.39, 0.29) is 0 Å². The van der Waals surface area contributed by atoms with Crippen LogP contribution in [0.25, 0.3) is 0 Å². The number of nitrogens with zero attached hydrogens (tertiary/aromatic N) is 2. The summed E-state index contributed by atoms with van der Waals surface area (Å²) in [6.07, 6.45) is 8.31. The summed E-state index contributed by atoms with van der Waals surface area (Å²) in [5, 5.41) is 10.2. The minimum atomic E-state index is -0.414. The highest BCUT2D eigenvalue weighted by Gasteiger charge is 2.07. The minimum Gasteiger partial charge on any atom is -0.388 e. The van der Waals surface area contributed by atoms with Crippen molar-refractivity contribution in [2.45, 2.75) is 50.7 Å². The third-order valence-corrected chi connectivity index (χ3v) is 4.78. The smallest absolute Gasteiger partial charge is 0.0945 e. The standard InChI is InChI=1S/C18H26N2OS/c1-15(2)4-3-13-22-17-7-5-16(6-8-17)18(21)9-11-20-12-10-19-14-20/h5-8,10,12,14-15,18,21H,3-4,9,11,13H2,1-2H3. The van der Waals surface area contributed by atoms with E-state index in [1.807, 2.05) is 34.7 Å². The monoisotopic (exact) mass is 318 g/mol. The van der Waals surface area contributed by atoms with E-state index in [1.54, 1.807) is 12.5 Å². The van der Waals surface area contributed by atoms with Gasteiger partial charge in [-0.15, -0.1) is 11.8 Å². The van der Waals surface area contributed by atoms with Gasteiger partial charge in [-0.1, -0.05) is 32.4 Å². The van der Waals surface area contributed by atoms with Gasteiger partial charge < -0.3 is 9.67 Å². The first kappa shape index (κ1) is 17.1. The lowest BCUT2D eigenvalue weighted by atomic mass is 10.1. The fraction of sp³-hybridized carbons (Fsp3) is 0.500. The summed E-state index contributed by atoms with van der Waals surface area (Å²) in [5.74, 6) is 1.95. The molecule has 4 heteroatoms. The Labute approximate surface area is 137 Å². The molecule has 0 aliphatic heterocycles. The number of aliphatic hydroxyl groups excluding tert-OH is 1. The van der Waals surface area contributed by atoms with E-state index in [9.17, 15) is 5.11 Å². The molecule has 1 N–H and O–H groups in total. The molecule has 0 spiro atoms. The van der Waals surface area contributed by atoms with Crippen LogP contribution in [0.15, 0.2) is 47.9 Å². The average molecular weight is 318 g/mol. The van der Waals surface area contributed by atoms with Gasteiger partial charge in [0.1, 0.15) is 0 Å². The van der Waals surface area contributed by atoms with E-state index in [1.165, 1.54) is 23.5 Å². The third kappa shape index (κ3) is 5.85. The van der Waals surface area contributed by atoms with Crippen LogP contribution < -0.4 is 0 Å². The molecule has 0 radical (unpaired) electrons. The zero-order chi connectivity index (χ0) is 15.8. The van der Waals surface area contributed by atoms with Crippen molar-refractivity contribution in [3.63, 3.8) is 0 Å². The van der Waals surface area contributed by atoms with Gasteiger partial charge in [0, 0.05) is 23.8 Å². The lowest BCUT2D eigenvalue weighted by molar-refractivity contribution is 0.161. The predicted octanol–water partition coefficient (Wildman–Crippen LogP) is 4.54. The van der Waals surface area contributed by atoms with E-state index < -0.39 is 6.10 Å². The van der Waals surface area contributed by atoms with Crippen molar-refractivity contribution in [1.82, 2.24) is 9.55 Å². The molecular weight excluding hydrogens is 292 g/mol. The molecule has 2 aromatic rings. The number of rotatable bonds is 9. The van der Waals surface area contributed by atoms with Gasteiger partial charge in [0.05, 0.1) is 12.4 Å². The summed E-state index contributed by atoms with van der Waals surface area (Å²) in [4.78, 5) is 5.30. The molecule has 1 unspecified atom stereocenters. The van der Waals surface area contributed by atoms with Crippen molar-refractivity contribution in [2.24, 2.45) is 5.92 Å². The highest BCUT2D eigenvalue weighted by Crippen LogP contribution is 2.24. The lowest BCUT2D eigenvalue weighted by Crippen LogP contribution is -2.03. The van der Waals surface area contributed by atoms with Gasteiger partial charge in [-0.05, 0) is 42.2 Å². The van der Waals surface area contributed by atoms with E-state index >= 15 is 0 Å². The first-order valence-electron chi connectivity index (χ1n) is 8.01. The summed E-state index contributed by atoms with van der Waals surface area (Å²) in [6.45, 7) is 5.32. The molecule has 0 amide bonds.